The molecule has 1 atom stereocenters. The molecule has 0 radical (unpaired) electrons. The number of pyridine rings is 1. The van der Waals surface area contributed by atoms with Gasteiger partial charge in [-0.05, 0) is 36.0 Å². The van der Waals surface area contributed by atoms with Crippen molar-refractivity contribution in [2.75, 3.05) is 26.2 Å². The minimum atomic E-state index is 0.608. The molecule has 2 fully saturated rings. The first-order valence-electron chi connectivity index (χ1n) is 10.3. The molecule has 3 nitrogen and oxygen atoms in total. The Bertz CT molecular complexity index is 644. The van der Waals surface area contributed by atoms with E-state index in [0.29, 0.717) is 6.04 Å². The molecule has 2 aromatic rings. The van der Waals surface area contributed by atoms with E-state index in [2.05, 4.69) is 51.2 Å². The summed E-state index contributed by atoms with van der Waals surface area (Å²) in [4.78, 5) is 9.61. The molecule has 26 heavy (non-hydrogen) atoms. The lowest BCUT2D eigenvalue weighted by molar-refractivity contribution is 0.0547. The molecular weight excluding hydrogens is 318 g/mol. The highest BCUT2D eigenvalue weighted by atomic mass is 15.3. The van der Waals surface area contributed by atoms with Crippen LogP contribution in [0.4, 0.5) is 0 Å². The highest BCUT2D eigenvalue weighted by Crippen LogP contribution is 2.38. The predicted octanol–water partition coefficient (Wildman–Crippen LogP) is 4.52. The van der Waals surface area contributed by atoms with Gasteiger partial charge in [0.2, 0.25) is 0 Å². The largest absolute Gasteiger partial charge is 0.296 e. The zero-order chi connectivity index (χ0) is 17.6. The molecule has 138 valence electrons. The minimum absolute atomic E-state index is 0.608. The lowest BCUT2D eigenvalue weighted by Gasteiger charge is -2.43. The third-order valence-electron chi connectivity index (χ3n) is 6.17. The van der Waals surface area contributed by atoms with E-state index in [0.717, 1.165) is 25.6 Å². The highest BCUT2D eigenvalue weighted by Gasteiger charge is 2.32. The maximum atomic E-state index is 4.26. The third-order valence-corrected chi connectivity index (χ3v) is 6.17. The quantitative estimate of drug-likeness (QED) is 0.791. The molecule has 3 heteroatoms. The summed E-state index contributed by atoms with van der Waals surface area (Å²) >= 11 is 0. The monoisotopic (exact) mass is 349 g/mol. The van der Waals surface area contributed by atoms with Crippen molar-refractivity contribution in [2.45, 2.75) is 44.7 Å². The number of hydrogen-bond acceptors (Lipinski definition) is 3. The average molecular weight is 350 g/mol. The van der Waals surface area contributed by atoms with Gasteiger partial charge in [0.15, 0.2) is 0 Å². The van der Waals surface area contributed by atoms with Gasteiger partial charge in [-0.15, -0.1) is 0 Å². The Balaban J connectivity index is 1.42. The minimum Gasteiger partial charge on any atom is -0.296 e. The van der Waals surface area contributed by atoms with Crippen molar-refractivity contribution in [2.24, 2.45) is 5.92 Å². The molecule has 0 amide bonds. The van der Waals surface area contributed by atoms with E-state index in [-0.39, 0.29) is 0 Å². The molecule has 1 aromatic carbocycles. The molecule has 1 aliphatic heterocycles. The normalized spacial score (nSPS) is 21.5. The van der Waals surface area contributed by atoms with Gasteiger partial charge in [-0.2, -0.15) is 0 Å². The van der Waals surface area contributed by atoms with Gasteiger partial charge in [0.05, 0.1) is 0 Å². The first-order valence-corrected chi connectivity index (χ1v) is 10.3. The molecule has 1 aromatic heterocycles. The summed E-state index contributed by atoms with van der Waals surface area (Å²) in [5.41, 5.74) is 2.85. The molecule has 0 spiro atoms. The van der Waals surface area contributed by atoms with Crippen LogP contribution in [0.15, 0.2) is 54.9 Å². The predicted molar refractivity (Wildman–Crippen MR) is 107 cm³/mol. The lowest BCUT2D eigenvalue weighted by atomic mass is 9.80. The van der Waals surface area contributed by atoms with Crippen LogP contribution in [0, 0.1) is 5.92 Å². The Labute approximate surface area is 158 Å². The molecule has 4 rings (SSSR count). The maximum absolute atomic E-state index is 4.26. The number of benzene rings is 1. The lowest BCUT2D eigenvalue weighted by Crippen LogP contribution is -2.48. The first-order chi connectivity index (χ1) is 12.9. The second-order valence-electron chi connectivity index (χ2n) is 7.93. The molecule has 1 saturated carbocycles. The van der Waals surface area contributed by atoms with Gasteiger partial charge in [0.1, 0.15) is 0 Å². The van der Waals surface area contributed by atoms with Crippen LogP contribution in [0.3, 0.4) is 0 Å². The summed E-state index contributed by atoms with van der Waals surface area (Å²) in [6.45, 7) is 5.70. The van der Waals surface area contributed by atoms with Crippen molar-refractivity contribution < 1.29 is 0 Å². The number of hydrogen-bond donors (Lipinski definition) is 0. The van der Waals surface area contributed by atoms with Crippen LogP contribution in [0.5, 0.6) is 0 Å². The van der Waals surface area contributed by atoms with Gasteiger partial charge in [-0.3, -0.25) is 14.8 Å². The van der Waals surface area contributed by atoms with E-state index in [9.17, 15) is 0 Å². The molecule has 2 heterocycles. The molecular formula is C23H31N3. The average Bonchev–Trinajstić information content (AvgIpc) is 2.72. The van der Waals surface area contributed by atoms with E-state index in [4.69, 9.17) is 0 Å². The molecule has 1 unspecified atom stereocenters. The van der Waals surface area contributed by atoms with Gasteiger partial charge in [0, 0.05) is 51.2 Å². The van der Waals surface area contributed by atoms with Crippen molar-refractivity contribution >= 4 is 0 Å². The molecule has 1 aliphatic carbocycles. The fourth-order valence-electron chi connectivity index (χ4n) is 4.83. The number of piperazine rings is 1. The topological polar surface area (TPSA) is 19.4 Å². The van der Waals surface area contributed by atoms with Crippen LogP contribution in [-0.4, -0.2) is 41.0 Å². The van der Waals surface area contributed by atoms with Crippen molar-refractivity contribution in [3.8, 4) is 0 Å². The highest BCUT2D eigenvalue weighted by molar-refractivity contribution is 5.20. The van der Waals surface area contributed by atoms with Gasteiger partial charge >= 0.3 is 0 Å². The smallest absolute Gasteiger partial charge is 0.0377 e. The maximum Gasteiger partial charge on any atom is 0.0377 e. The summed E-state index contributed by atoms with van der Waals surface area (Å²) in [6, 6.07) is 16.1. The van der Waals surface area contributed by atoms with E-state index in [1.165, 1.54) is 56.3 Å². The van der Waals surface area contributed by atoms with Crippen LogP contribution in [-0.2, 0) is 6.54 Å². The van der Waals surface area contributed by atoms with E-state index in [1.807, 2.05) is 18.5 Å². The van der Waals surface area contributed by atoms with Gasteiger partial charge < -0.3 is 0 Å². The molecule has 0 bridgehead atoms. The zero-order valence-electron chi connectivity index (χ0n) is 15.8. The Morgan fingerprint density at radius 3 is 2.35 bits per heavy atom. The fourth-order valence-corrected chi connectivity index (χ4v) is 4.83. The van der Waals surface area contributed by atoms with Gasteiger partial charge in [0.25, 0.3) is 0 Å². The number of nitrogens with zero attached hydrogens (tertiary/aromatic N) is 3. The Kier molecular flexibility index (Phi) is 5.98. The second kappa shape index (κ2) is 8.79. The molecule has 2 aliphatic rings. The van der Waals surface area contributed by atoms with Crippen LogP contribution >= 0.6 is 0 Å². The van der Waals surface area contributed by atoms with Crippen molar-refractivity contribution in [3.63, 3.8) is 0 Å². The van der Waals surface area contributed by atoms with Crippen molar-refractivity contribution in [3.05, 3.63) is 66.0 Å². The summed E-state index contributed by atoms with van der Waals surface area (Å²) in [5.74, 6) is 0.830. The van der Waals surface area contributed by atoms with Crippen LogP contribution in [0.2, 0.25) is 0 Å². The van der Waals surface area contributed by atoms with Crippen molar-refractivity contribution in [1.29, 1.82) is 0 Å². The third kappa shape index (κ3) is 4.33. The van der Waals surface area contributed by atoms with Gasteiger partial charge in [-0.1, -0.05) is 55.7 Å². The Hall–Kier alpha value is -1.71. The summed E-state index contributed by atoms with van der Waals surface area (Å²) in [7, 11) is 0. The number of aromatic nitrogens is 1. The molecule has 1 saturated heterocycles. The summed E-state index contributed by atoms with van der Waals surface area (Å²) in [6.07, 6.45) is 10.9. The standard InChI is InChI=1S/C23H31N3/c1-3-9-21(10-4-1)23(22-11-5-2-6-12-22)26-16-14-25(15-17-26)19-20-8-7-13-24-18-20/h1,3-4,7-10,13,18,22-23H,2,5-6,11-12,14-17,19H2. The summed E-state index contributed by atoms with van der Waals surface area (Å²) < 4.78 is 0. The van der Waals surface area contributed by atoms with E-state index < -0.39 is 0 Å². The van der Waals surface area contributed by atoms with Crippen LogP contribution in [0.1, 0.15) is 49.3 Å². The first kappa shape index (κ1) is 17.7. The van der Waals surface area contributed by atoms with Crippen LogP contribution in [0.25, 0.3) is 0 Å². The fraction of sp³-hybridized carbons (Fsp3) is 0.522. The van der Waals surface area contributed by atoms with Crippen LogP contribution < -0.4 is 0 Å². The Morgan fingerprint density at radius 1 is 0.885 bits per heavy atom. The SMILES string of the molecule is c1ccc(C(C2CCCCC2)N2CCN(Cc3cccnc3)CC2)cc1. The zero-order valence-corrected chi connectivity index (χ0v) is 15.8. The Morgan fingerprint density at radius 2 is 1.65 bits per heavy atom. The summed E-state index contributed by atoms with van der Waals surface area (Å²) in [5, 5.41) is 0. The van der Waals surface area contributed by atoms with E-state index >= 15 is 0 Å². The van der Waals surface area contributed by atoms with E-state index in [1.54, 1.807) is 0 Å². The van der Waals surface area contributed by atoms with Gasteiger partial charge in [-0.25, -0.2) is 0 Å². The number of rotatable bonds is 5. The second-order valence-corrected chi connectivity index (χ2v) is 7.93. The van der Waals surface area contributed by atoms with Crippen molar-refractivity contribution in [1.82, 2.24) is 14.8 Å². The molecule has 0 N–H and O–H groups in total.